The molecule has 0 atom stereocenters. The maximum atomic E-state index is 12.5. The van der Waals surface area contributed by atoms with Crippen LogP contribution in [0, 0.1) is 0 Å². The number of thiazole rings is 1. The molecule has 3 aromatic rings. The van der Waals surface area contributed by atoms with E-state index in [0.717, 1.165) is 22.1 Å². The Morgan fingerprint density at radius 2 is 2.00 bits per heavy atom. The van der Waals surface area contributed by atoms with Gasteiger partial charge in [-0.2, -0.15) is 0 Å². The second-order valence-electron chi connectivity index (χ2n) is 6.51. The summed E-state index contributed by atoms with van der Waals surface area (Å²) >= 11 is 5.55. The number of nitrogens with one attached hydrogen (secondary N) is 1. The lowest BCUT2D eigenvalue weighted by Crippen LogP contribution is -2.15. The van der Waals surface area contributed by atoms with Crippen LogP contribution in [0.15, 0.2) is 54.0 Å². The zero-order chi connectivity index (χ0) is 19.2. The van der Waals surface area contributed by atoms with Crippen molar-refractivity contribution < 1.29 is 4.79 Å². The zero-order valence-corrected chi connectivity index (χ0v) is 17.8. The van der Waals surface area contributed by atoms with E-state index in [0.29, 0.717) is 11.0 Å². The highest BCUT2D eigenvalue weighted by atomic mass is 32.2. The number of carbonyl (C=O) groups is 1. The maximum Gasteiger partial charge on any atom is 0.230 e. The third-order valence-corrected chi connectivity index (χ3v) is 8.18. The average Bonchev–Trinajstić information content (AvgIpc) is 3.16. The monoisotopic (exact) mass is 427 g/mol. The number of hydrogen-bond donors (Lipinski definition) is 1. The van der Waals surface area contributed by atoms with Crippen molar-refractivity contribution in [2.75, 3.05) is 16.8 Å². The van der Waals surface area contributed by atoms with Crippen LogP contribution in [0.2, 0.25) is 0 Å². The summed E-state index contributed by atoms with van der Waals surface area (Å²) in [5, 5.41) is 5.97. The number of benzene rings is 1. The molecule has 0 radical (unpaired) electrons. The van der Waals surface area contributed by atoms with Gasteiger partial charge in [-0.1, -0.05) is 18.2 Å². The zero-order valence-electron chi connectivity index (χ0n) is 15.3. The molecular weight excluding hydrogens is 406 g/mol. The van der Waals surface area contributed by atoms with Gasteiger partial charge in [-0.3, -0.25) is 9.78 Å². The molecule has 1 amide bonds. The lowest BCUT2D eigenvalue weighted by atomic mass is 10.2. The number of amides is 1. The van der Waals surface area contributed by atoms with Gasteiger partial charge in [0.05, 0.1) is 21.7 Å². The van der Waals surface area contributed by atoms with Crippen molar-refractivity contribution in [3.8, 4) is 0 Å². The van der Waals surface area contributed by atoms with E-state index < -0.39 is 0 Å². The molecule has 0 aliphatic carbocycles. The van der Waals surface area contributed by atoms with E-state index in [9.17, 15) is 4.79 Å². The van der Waals surface area contributed by atoms with Gasteiger partial charge in [-0.25, -0.2) is 4.98 Å². The number of nitrogens with zero attached hydrogens (tertiary/aromatic N) is 2. The van der Waals surface area contributed by atoms with Gasteiger partial charge in [0.1, 0.15) is 0 Å². The minimum atomic E-state index is -0.0317. The Kier molecular flexibility index (Phi) is 6.67. The smallest absolute Gasteiger partial charge is 0.230 e. The Morgan fingerprint density at radius 3 is 2.82 bits per heavy atom. The Bertz CT molecular complexity index is 923. The van der Waals surface area contributed by atoms with Crippen LogP contribution in [0.1, 0.15) is 33.0 Å². The summed E-state index contributed by atoms with van der Waals surface area (Å²) in [7, 11) is 0. The van der Waals surface area contributed by atoms with Crippen LogP contribution in [0.4, 0.5) is 5.69 Å². The number of rotatable bonds is 6. The molecule has 4 rings (SSSR count). The van der Waals surface area contributed by atoms with Crippen molar-refractivity contribution >= 4 is 46.5 Å². The van der Waals surface area contributed by atoms with E-state index >= 15 is 0 Å². The fourth-order valence-electron chi connectivity index (χ4n) is 2.98. The Hall–Kier alpha value is -1.83. The molecule has 1 aromatic carbocycles. The van der Waals surface area contributed by atoms with E-state index in [1.165, 1.54) is 23.5 Å². The first-order chi connectivity index (χ1) is 13.8. The molecule has 1 aliphatic heterocycles. The molecule has 4 nitrogen and oxygen atoms in total. The molecule has 0 unspecified atom stereocenters. The molecule has 1 aliphatic rings. The van der Waals surface area contributed by atoms with Crippen molar-refractivity contribution in [1.29, 1.82) is 0 Å². The Morgan fingerprint density at radius 1 is 1.11 bits per heavy atom. The quantitative estimate of drug-likeness (QED) is 0.587. The summed E-state index contributed by atoms with van der Waals surface area (Å²) < 4.78 is 0.471. The van der Waals surface area contributed by atoms with Crippen LogP contribution in [-0.2, 0) is 17.6 Å². The largest absolute Gasteiger partial charge is 0.326 e. The molecule has 2 aromatic heterocycles. The summed E-state index contributed by atoms with van der Waals surface area (Å²) in [4.78, 5) is 21.4. The van der Waals surface area contributed by atoms with Crippen LogP contribution >= 0.6 is 34.9 Å². The van der Waals surface area contributed by atoms with Gasteiger partial charge in [-0.05, 0) is 47.8 Å². The fourth-order valence-corrected chi connectivity index (χ4v) is 6.66. The number of pyridine rings is 1. The molecule has 1 saturated heterocycles. The fraction of sp³-hybridized carbons (Fsp3) is 0.286. The van der Waals surface area contributed by atoms with E-state index in [1.807, 2.05) is 59.2 Å². The first kappa shape index (κ1) is 19.5. The summed E-state index contributed by atoms with van der Waals surface area (Å²) in [5.41, 5.74) is 3.93. The predicted molar refractivity (Wildman–Crippen MR) is 120 cm³/mol. The highest BCUT2D eigenvalue weighted by molar-refractivity contribution is 8.16. The van der Waals surface area contributed by atoms with Crippen molar-refractivity contribution in [1.82, 2.24) is 9.97 Å². The third kappa shape index (κ3) is 5.37. The van der Waals surface area contributed by atoms with Gasteiger partial charge in [0, 0.05) is 29.4 Å². The molecule has 0 bridgehead atoms. The van der Waals surface area contributed by atoms with Gasteiger partial charge < -0.3 is 5.32 Å². The van der Waals surface area contributed by atoms with E-state index in [2.05, 4.69) is 27.4 Å². The highest BCUT2D eigenvalue weighted by Gasteiger charge is 2.17. The van der Waals surface area contributed by atoms with Crippen LogP contribution in [0.25, 0.3) is 0 Å². The first-order valence-corrected chi connectivity index (χ1v) is 12.2. The van der Waals surface area contributed by atoms with Gasteiger partial charge in [0.15, 0.2) is 0 Å². The number of thioether (sulfide) groups is 2. The number of hydrogen-bond acceptors (Lipinski definition) is 6. The van der Waals surface area contributed by atoms with Crippen molar-refractivity contribution in [2.24, 2.45) is 0 Å². The van der Waals surface area contributed by atoms with E-state index in [-0.39, 0.29) is 12.3 Å². The Balaban J connectivity index is 1.34. The lowest BCUT2D eigenvalue weighted by Gasteiger charge is -2.21. The SMILES string of the molecule is O=C(Cc1csc(Cc2ccccn2)n1)Nc1cccc(C2SCCCS2)c1. The molecule has 3 heterocycles. The van der Waals surface area contributed by atoms with Crippen LogP contribution in [0.3, 0.4) is 0 Å². The normalized spacial score (nSPS) is 14.7. The van der Waals surface area contributed by atoms with Crippen molar-refractivity contribution in [3.63, 3.8) is 0 Å². The topological polar surface area (TPSA) is 54.9 Å². The van der Waals surface area contributed by atoms with Gasteiger partial charge in [0.25, 0.3) is 0 Å². The predicted octanol–water partition coefficient (Wildman–Crippen LogP) is 5.18. The van der Waals surface area contributed by atoms with Crippen LogP contribution in [0.5, 0.6) is 0 Å². The molecule has 1 N–H and O–H groups in total. The standard InChI is InChI=1S/C21H21N3OS3/c25-19(12-18-14-28-20(24-18)13-16-6-1-2-8-22-16)23-17-7-3-5-15(11-17)21-26-9-4-10-27-21/h1-3,5-8,11,14,21H,4,9-10,12-13H2,(H,23,25). The molecule has 0 spiro atoms. The molecule has 28 heavy (non-hydrogen) atoms. The van der Waals surface area contributed by atoms with Gasteiger partial charge in [-0.15, -0.1) is 34.9 Å². The van der Waals surface area contributed by atoms with E-state index in [1.54, 1.807) is 17.5 Å². The average molecular weight is 428 g/mol. The molecule has 7 heteroatoms. The molecule has 144 valence electrons. The number of anilines is 1. The molecular formula is C21H21N3OS3. The van der Waals surface area contributed by atoms with Gasteiger partial charge >= 0.3 is 0 Å². The maximum absolute atomic E-state index is 12.5. The second kappa shape index (κ2) is 9.58. The third-order valence-electron chi connectivity index (χ3n) is 4.27. The summed E-state index contributed by atoms with van der Waals surface area (Å²) in [6, 6.07) is 14.1. The summed E-state index contributed by atoms with van der Waals surface area (Å²) in [6.45, 7) is 0. The van der Waals surface area contributed by atoms with E-state index in [4.69, 9.17) is 0 Å². The minimum absolute atomic E-state index is 0.0317. The Labute approximate surface area is 177 Å². The van der Waals surface area contributed by atoms with Crippen LogP contribution in [-0.4, -0.2) is 27.4 Å². The second-order valence-corrected chi connectivity index (χ2v) is 10.2. The van der Waals surface area contributed by atoms with Crippen molar-refractivity contribution in [2.45, 2.75) is 23.8 Å². The van der Waals surface area contributed by atoms with Crippen LogP contribution < -0.4 is 5.32 Å². The summed E-state index contributed by atoms with van der Waals surface area (Å²) in [6.07, 6.45) is 4.05. The lowest BCUT2D eigenvalue weighted by molar-refractivity contribution is -0.115. The molecule has 0 saturated carbocycles. The van der Waals surface area contributed by atoms with Crippen molar-refractivity contribution in [3.05, 3.63) is 76.0 Å². The molecule has 1 fully saturated rings. The minimum Gasteiger partial charge on any atom is -0.326 e. The highest BCUT2D eigenvalue weighted by Crippen LogP contribution is 2.44. The number of aromatic nitrogens is 2. The first-order valence-electron chi connectivity index (χ1n) is 9.22. The van der Waals surface area contributed by atoms with Gasteiger partial charge in [0.2, 0.25) is 5.91 Å². The number of carbonyl (C=O) groups excluding carboxylic acids is 1. The summed E-state index contributed by atoms with van der Waals surface area (Å²) in [5.74, 6) is 2.38.